The van der Waals surface area contributed by atoms with Crippen molar-refractivity contribution in [1.82, 2.24) is 0 Å². The zero-order chi connectivity index (χ0) is 18.8. The van der Waals surface area contributed by atoms with E-state index in [0.717, 1.165) is 6.26 Å². The smallest absolute Gasteiger partial charge is 0.271 e. The number of benzene rings is 2. The van der Waals surface area contributed by atoms with Gasteiger partial charge in [-0.2, -0.15) is 0 Å². The number of hydrogen-bond donors (Lipinski definition) is 2. The minimum Gasteiger partial charge on any atom is -0.321 e. The monoisotopic (exact) mass is 363 g/mol. The standard InChI is InChI=1S/C16H17N3O5S/c1-10-5-7-13(19(21)22)9-14(10)17-16(20)12-6-4-11(2)15(8-12)18-25(3,23)24/h4-9,18H,1-3H3,(H,17,20). The first-order valence-electron chi connectivity index (χ1n) is 7.21. The fourth-order valence-corrected chi connectivity index (χ4v) is 2.75. The predicted molar refractivity (Wildman–Crippen MR) is 95.4 cm³/mol. The van der Waals surface area contributed by atoms with Gasteiger partial charge in [0.1, 0.15) is 0 Å². The Morgan fingerprint density at radius 3 is 2.24 bits per heavy atom. The Morgan fingerprint density at radius 2 is 1.64 bits per heavy atom. The molecule has 1 amide bonds. The number of nitro groups is 1. The molecule has 8 nitrogen and oxygen atoms in total. The van der Waals surface area contributed by atoms with Crippen molar-refractivity contribution in [3.63, 3.8) is 0 Å². The topological polar surface area (TPSA) is 118 Å². The second kappa shape index (κ2) is 6.89. The normalized spacial score (nSPS) is 11.0. The quantitative estimate of drug-likeness (QED) is 0.625. The number of hydrogen-bond acceptors (Lipinski definition) is 5. The largest absolute Gasteiger partial charge is 0.321 e. The third-order valence-electron chi connectivity index (χ3n) is 3.48. The zero-order valence-electron chi connectivity index (χ0n) is 13.9. The van der Waals surface area contributed by atoms with Crippen LogP contribution in [-0.2, 0) is 10.0 Å². The van der Waals surface area contributed by atoms with Crippen LogP contribution in [0.1, 0.15) is 21.5 Å². The van der Waals surface area contributed by atoms with Gasteiger partial charge in [0.15, 0.2) is 0 Å². The molecule has 0 aromatic heterocycles. The third-order valence-corrected chi connectivity index (χ3v) is 4.07. The maximum Gasteiger partial charge on any atom is 0.271 e. The number of nitro benzene ring substituents is 1. The number of rotatable bonds is 5. The Kier molecular flexibility index (Phi) is 5.07. The average Bonchev–Trinajstić information content (AvgIpc) is 2.50. The molecule has 0 fully saturated rings. The molecule has 2 rings (SSSR count). The number of amides is 1. The Hall–Kier alpha value is -2.94. The molecule has 2 N–H and O–H groups in total. The molecular formula is C16H17N3O5S. The Morgan fingerprint density at radius 1 is 1.04 bits per heavy atom. The van der Waals surface area contributed by atoms with Gasteiger partial charge in [-0.05, 0) is 37.1 Å². The molecule has 9 heteroatoms. The lowest BCUT2D eigenvalue weighted by Crippen LogP contribution is -2.15. The highest BCUT2D eigenvalue weighted by molar-refractivity contribution is 7.92. The van der Waals surface area contributed by atoms with Crippen molar-refractivity contribution >= 4 is 33.0 Å². The second-order valence-electron chi connectivity index (χ2n) is 5.61. The molecule has 2 aromatic rings. The molecule has 132 valence electrons. The predicted octanol–water partition coefficient (Wildman–Crippen LogP) is 2.84. The molecule has 25 heavy (non-hydrogen) atoms. The van der Waals surface area contributed by atoms with Crippen molar-refractivity contribution in [2.75, 3.05) is 16.3 Å². The highest BCUT2D eigenvalue weighted by Crippen LogP contribution is 2.23. The lowest BCUT2D eigenvalue weighted by Gasteiger charge is -2.11. The highest BCUT2D eigenvalue weighted by Gasteiger charge is 2.14. The first kappa shape index (κ1) is 18.4. The molecule has 0 atom stereocenters. The summed E-state index contributed by atoms with van der Waals surface area (Å²) in [5.41, 5.74) is 2.03. The molecule has 0 saturated heterocycles. The summed E-state index contributed by atoms with van der Waals surface area (Å²) in [6.07, 6.45) is 1.02. The van der Waals surface area contributed by atoms with Crippen molar-refractivity contribution < 1.29 is 18.1 Å². The van der Waals surface area contributed by atoms with Crippen LogP contribution in [0.4, 0.5) is 17.1 Å². The van der Waals surface area contributed by atoms with Crippen LogP contribution in [-0.4, -0.2) is 25.5 Å². The van der Waals surface area contributed by atoms with Gasteiger partial charge in [0, 0.05) is 17.7 Å². The first-order valence-corrected chi connectivity index (χ1v) is 9.11. The van der Waals surface area contributed by atoms with Gasteiger partial charge in [0.25, 0.3) is 11.6 Å². The zero-order valence-corrected chi connectivity index (χ0v) is 14.7. The van der Waals surface area contributed by atoms with Crippen LogP contribution in [0.3, 0.4) is 0 Å². The van der Waals surface area contributed by atoms with E-state index in [4.69, 9.17) is 0 Å². The van der Waals surface area contributed by atoms with Crippen molar-refractivity contribution in [3.8, 4) is 0 Å². The Bertz CT molecular complexity index is 954. The number of carbonyl (C=O) groups excluding carboxylic acids is 1. The summed E-state index contributed by atoms with van der Waals surface area (Å²) in [6, 6.07) is 8.74. The summed E-state index contributed by atoms with van der Waals surface area (Å²) in [4.78, 5) is 22.7. The molecule has 0 aliphatic rings. The van der Waals surface area contributed by atoms with Crippen molar-refractivity contribution in [2.24, 2.45) is 0 Å². The van der Waals surface area contributed by atoms with Crippen molar-refractivity contribution in [1.29, 1.82) is 0 Å². The number of anilines is 2. The lowest BCUT2D eigenvalue weighted by atomic mass is 10.1. The van der Waals surface area contributed by atoms with Gasteiger partial charge in [-0.3, -0.25) is 19.6 Å². The van der Waals surface area contributed by atoms with Crippen LogP contribution < -0.4 is 10.0 Å². The fraction of sp³-hybridized carbons (Fsp3) is 0.188. The van der Waals surface area contributed by atoms with Crippen LogP contribution in [0.25, 0.3) is 0 Å². The molecule has 0 radical (unpaired) electrons. The van der Waals surface area contributed by atoms with Gasteiger partial charge in [-0.15, -0.1) is 0 Å². The maximum absolute atomic E-state index is 12.4. The number of aryl methyl sites for hydroxylation is 2. The number of carbonyl (C=O) groups is 1. The molecule has 0 bridgehead atoms. The molecule has 0 aliphatic heterocycles. The van der Waals surface area contributed by atoms with E-state index in [0.29, 0.717) is 22.5 Å². The molecule has 0 saturated carbocycles. The van der Waals surface area contributed by atoms with Gasteiger partial charge in [0.2, 0.25) is 10.0 Å². The summed E-state index contributed by atoms with van der Waals surface area (Å²) in [6.45, 7) is 3.42. The summed E-state index contributed by atoms with van der Waals surface area (Å²) >= 11 is 0. The summed E-state index contributed by atoms with van der Waals surface area (Å²) in [7, 11) is -3.48. The van der Waals surface area contributed by atoms with Crippen molar-refractivity contribution in [2.45, 2.75) is 13.8 Å². The van der Waals surface area contributed by atoms with Gasteiger partial charge in [-0.25, -0.2) is 8.42 Å². The number of nitrogens with zero attached hydrogens (tertiary/aromatic N) is 1. The minimum absolute atomic E-state index is 0.135. The molecule has 0 unspecified atom stereocenters. The SMILES string of the molecule is Cc1ccc([N+](=O)[O-])cc1NC(=O)c1ccc(C)c(NS(C)(=O)=O)c1. The molecule has 0 aliphatic carbocycles. The minimum atomic E-state index is -3.48. The Balaban J connectivity index is 2.31. The molecule has 0 heterocycles. The van der Waals surface area contributed by atoms with E-state index in [-0.39, 0.29) is 11.3 Å². The van der Waals surface area contributed by atoms with E-state index in [2.05, 4.69) is 10.0 Å². The maximum atomic E-state index is 12.4. The second-order valence-corrected chi connectivity index (χ2v) is 7.36. The summed E-state index contributed by atoms with van der Waals surface area (Å²) in [5, 5.41) is 13.5. The highest BCUT2D eigenvalue weighted by atomic mass is 32.2. The van der Waals surface area contributed by atoms with E-state index >= 15 is 0 Å². The van der Waals surface area contributed by atoms with E-state index < -0.39 is 20.9 Å². The van der Waals surface area contributed by atoms with Crippen LogP contribution in [0, 0.1) is 24.0 Å². The first-order chi connectivity index (χ1) is 11.6. The molecule has 2 aromatic carbocycles. The third kappa shape index (κ3) is 4.77. The summed E-state index contributed by atoms with van der Waals surface area (Å²) < 4.78 is 25.1. The van der Waals surface area contributed by atoms with Gasteiger partial charge in [0.05, 0.1) is 22.6 Å². The van der Waals surface area contributed by atoms with Crippen molar-refractivity contribution in [3.05, 3.63) is 63.2 Å². The fourth-order valence-electron chi connectivity index (χ4n) is 2.13. The number of nitrogens with one attached hydrogen (secondary N) is 2. The van der Waals surface area contributed by atoms with E-state index in [1.807, 2.05) is 0 Å². The molecular weight excluding hydrogens is 346 g/mol. The number of non-ortho nitro benzene ring substituents is 1. The van der Waals surface area contributed by atoms with Crippen LogP contribution in [0.5, 0.6) is 0 Å². The van der Waals surface area contributed by atoms with Gasteiger partial charge < -0.3 is 5.32 Å². The van der Waals surface area contributed by atoms with Crippen LogP contribution in [0.2, 0.25) is 0 Å². The van der Waals surface area contributed by atoms with E-state index in [9.17, 15) is 23.3 Å². The van der Waals surface area contributed by atoms with Gasteiger partial charge in [-0.1, -0.05) is 12.1 Å². The van der Waals surface area contributed by atoms with E-state index in [1.54, 1.807) is 32.0 Å². The van der Waals surface area contributed by atoms with Crippen LogP contribution in [0.15, 0.2) is 36.4 Å². The molecule has 0 spiro atoms. The average molecular weight is 363 g/mol. The lowest BCUT2D eigenvalue weighted by molar-refractivity contribution is -0.384. The Labute approximate surface area is 145 Å². The van der Waals surface area contributed by atoms with Gasteiger partial charge >= 0.3 is 0 Å². The van der Waals surface area contributed by atoms with E-state index in [1.165, 1.54) is 18.2 Å². The number of sulfonamides is 1. The van der Waals surface area contributed by atoms with Crippen LogP contribution >= 0.6 is 0 Å². The summed E-state index contributed by atoms with van der Waals surface area (Å²) in [5.74, 6) is -0.500.